The maximum atomic E-state index is 5.58. The number of ether oxygens (including phenoxy) is 1. The molecule has 1 aromatic heterocycles. The number of aromatic nitrogens is 2. The summed E-state index contributed by atoms with van der Waals surface area (Å²) in [7, 11) is 0. The molecule has 18 heavy (non-hydrogen) atoms. The van der Waals surface area contributed by atoms with Gasteiger partial charge in [-0.15, -0.1) is 0 Å². The van der Waals surface area contributed by atoms with E-state index in [-0.39, 0.29) is 0 Å². The zero-order valence-electron chi connectivity index (χ0n) is 11.5. The second-order valence-electron chi connectivity index (χ2n) is 4.44. The minimum atomic E-state index is 0.653. The fourth-order valence-electron chi connectivity index (χ4n) is 1.92. The lowest BCUT2D eigenvalue weighted by Crippen LogP contribution is -2.09. The average molecular weight is 255 g/mol. The number of nitrogens with two attached hydrogens (primary N) is 1. The molecule has 0 saturated heterocycles. The fraction of sp³-hybridized carbons (Fsp3) is 0.846. The van der Waals surface area contributed by atoms with Gasteiger partial charge < -0.3 is 15.0 Å². The highest BCUT2D eigenvalue weighted by Crippen LogP contribution is 2.15. The highest BCUT2D eigenvalue weighted by Gasteiger charge is 2.10. The molecule has 1 unspecified atom stereocenters. The molecule has 0 aliphatic carbocycles. The lowest BCUT2D eigenvalue weighted by molar-refractivity contribution is 0.149. The van der Waals surface area contributed by atoms with Gasteiger partial charge >= 0.3 is 0 Å². The van der Waals surface area contributed by atoms with Crippen molar-refractivity contribution >= 4 is 0 Å². The van der Waals surface area contributed by atoms with Crippen molar-refractivity contribution in [3.05, 3.63) is 11.7 Å². The van der Waals surface area contributed by atoms with Gasteiger partial charge in [0.2, 0.25) is 5.89 Å². The van der Waals surface area contributed by atoms with Crippen molar-refractivity contribution in [3.8, 4) is 0 Å². The van der Waals surface area contributed by atoms with Gasteiger partial charge in [-0.2, -0.15) is 4.98 Å². The number of rotatable bonds is 10. The van der Waals surface area contributed by atoms with E-state index in [1.807, 2.05) is 6.92 Å². The topological polar surface area (TPSA) is 74.2 Å². The van der Waals surface area contributed by atoms with Crippen LogP contribution < -0.4 is 5.73 Å². The van der Waals surface area contributed by atoms with Gasteiger partial charge in [0.25, 0.3) is 0 Å². The summed E-state index contributed by atoms with van der Waals surface area (Å²) >= 11 is 0. The molecule has 0 spiro atoms. The van der Waals surface area contributed by atoms with Crippen LogP contribution >= 0.6 is 0 Å². The molecule has 0 fully saturated rings. The van der Waals surface area contributed by atoms with Crippen molar-refractivity contribution < 1.29 is 9.26 Å². The Balaban J connectivity index is 2.29. The molecule has 1 atom stereocenters. The quantitative estimate of drug-likeness (QED) is 0.647. The molecule has 0 amide bonds. The maximum Gasteiger partial charge on any atom is 0.226 e. The molecule has 2 N–H and O–H groups in total. The Hall–Kier alpha value is -0.940. The van der Waals surface area contributed by atoms with E-state index in [0.29, 0.717) is 12.5 Å². The molecule has 1 aromatic rings. The molecule has 0 aromatic carbocycles. The predicted octanol–water partition coefficient (Wildman–Crippen LogP) is 1.96. The van der Waals surface area contributed by atoms with Crippen LogP contribution in [0.3, 0.4) is 0 Å². The standard InChI is InChI=1S/C13H25N3O2/c1-3-11(7-9-14)5-6-13-15-12(16-18-13)8-10-17-4-2/h11H,3-10,14H2,1-2H3. The van der Waals surface area contributed by atoms with Gasteiger partial charge in [-0.25, -0.2) is 0 Å². The SMILES string of the molecule is CCOCCc1noc(CCC(CC)CCN)n1. The summed E-state index contributed by atoms with van der Waals surface area (Å²) in [5.41, 5.74) is 5.58. The van der Waals surface area contributed by atoms with Gasteiger partial charge in [-0.3, -0.25) is 0 Å². The Morgan fingerprint density at radius 3 is 2.78 bits per heavy atom. The summed E-state index contributed by atoms with van der Waals surface area (Å²) in [6.07, 6.45) is 4.86. The van der Waals surface area contributed by atoms with E-state index in [9.17, 15) is 0 Å². The lowest BCUT2D eigenvalue weighted by Gasteiger charge is -2.11. The minimum Gasteiger partial charge on any atom is -0.381 e. The zero-order valence-corrected chi connectivity index (χ0v) is 11.5. The van der Waals surface area contributed by atoms with Crippen molar-refractivity contribution in [1.29, 1.82) is 0 Å². The average Bonchev–Trinajstić information content (AvgIpc) is 2.83. The first-order valence-electron chi connectivity index (χ1n) is 6.89. The molecule has 1 heterocycles. The molecular formula is C13H25N3O2. The Labute approximate surface area is 109 Å². The summed E-state index contributed by atoms with van der Waals surface area (Å²) in [5.74, 6) is 2.14. The van der Waals surface area contributed by atoms with Crippen LogP contribution in [-0.2, 0) is 17.6 Å². The largest absolute Gasteiger partial charge is 0.381 e. The summed E-state index contributed by atoms with van der Waals surface area (Å²) < 4.78 is 10.5. The summed E-state index contributed by atoms with van der Waals surface area (Å²) in [5, 5.41) is 3.95. The first-order chi connectivity index (χ1) is 8.80. The third-order valence-corrected chi connectivity index (χ3v) is 3.10. The van der Waals surface area contributed by atoms with Gasteiger partial charge in [0.1, 0.15) is 0 Å². The van der Waals surface area contributed by atoms with Crippen LogP contribution in [0.4, 0.5) is 0 Å². The first-order valence-corrected chi connectivity index (χ1v) is 6.89. The van der Waals surface area contributed by atoms with Gasteiger partial charge in [0, 0.05) is 19.4 Å². The number of hydrogen-bond acceptors (Lipinski definition) is 5. The van der Waals surface area contributed by atoms with Crippen molar-refractivity contribution in [2.45, 2.75) is 46.0 Å². The monoisotopic (exact) mass is 255 g/mol. The summed E-state index contributed by atoms with van der Waals surface area (Å²) in [6, 6.07) is 0. The van der Waals surface area contributed by atoms with Gasteiger partial charge in [0.15, 0.2) is 5.82 Å². The second-order valence-corrected chi connectivity index (χ2v) is 4.44. The molecule has 5 nitrogen and oxygen atoms in total. The van der Waals surface area contributed by atoms with Crippen LogP contribution in [0.2, 0.25) is 0 Å². The smallest absolute Gasteiger partial charge is 0.226 e. The van der Waals surface area contributed by atoms with Crippen LogP contribution in [-0.4, -0.2) is 29.9 Å². The molecule has 0 aliphatic rings. The Bertz CT molecular complexity index is 315. The molecule has 0 bridgehead atoms. The predicted molar refractivity (Wildman–Crippen MR) is 70.3 cm³/mol. The van der Waals surface area contributed by atoms with E-state index < -0.39 is 0 Å². The maximum absolute atomic E-state index is 5.58. The van der Waals surface area contributed by atoms with Crippen molar-refractivity contribution in [1.82, 2.24) is 10.1 Å². The first kappa shape index (κ1) is 15.1. The normalized spacial score (nSPS) is 12.8. The van der Waals surface area contributed by atoms with Crippen molar-refractivity contribution in [2.75, 3.05) is 19.8 Å². The number of hydrogen-bond donors (Lipinski definition) is 1. The van der Waals surface area contributed by atoms with Crippen molar-refractivity contribution in [3.63, 3.8) is 0 Å². The van der Waals surface area contributed by atoms with Crippen LogP contribution in [0.15, 0.2) is 4.52 Å². The molecule has 5 heteroatoms. The molecule has 0 radical (unpaired) electrons. The summed E-state index contributed by atoms with van der Waals surface area (Å²) in [6.45, 7) is 6.30. The van der Waals surface area contributed by atoms with E-state index >= 15 is 0 Å². The summed E-state index contributed by atoms with van der Waals surface area (Å²) in [4.78, 5) is 4.36. The fourth-order valence-corrected chi connectivity index (χ4v) is 1.92. The van der Waals surface area contributed by atoms with Gasteiger partial charge in [-0.05, 0) is 32.2 Å². The zero-order chi connectivity index (χ0) is 13.2. The Morgan fingerprint density at radius 2 is 2.11 bits per heavy atom. The Morgan fingerprint density at radius 1 is 1.28 bits per heavy atom. The molecule has 0 aliphatic heterocycles. The van der Waals surface area contributed by atoms with Gasteiger partial charge in [0.05, 0.1) is 6.61 Å². The van der Waals surface area contributed by atoms with E-state index in [1.165, 1.54) is 0 Å². The number of aryl methyl sites for hydroxylation is 1. The van der Waals surface area contributed by atoms with Crippen LogP contribution in [0.25, 0.3) is 0 Å². The lowest BCUT2D eigenvalue weighted by atomic mass is 9.97. The van der Waals surface area contributed by atoms with Crippen LogP contribution in [0.1, 0.15) is 44.8 Å². The van der Waals surface area contributed by atoms with E-state index in [2.05, 4.69) is 17.1 Å². The van der Waals surface area contributed by atoms with Crippen LogP contribution in [0.5, 0.6) is 0 Å². The van der Waals surface area contributed by atoms with Crippen molar-refractivity contribution in [2.24, 2.45) is 11.7 Å². The van der Waals surface area contributed by atoms with Gasteiger partial charge in [-0.1, -0.05) is 18.5 Å². The molecule has 1 rings (SSSR count). The molecular weight excluding hydrogens is 230 g/mol. The second kappa shape index (κ2) is 9.05. The highest BCUT2D eigenvalue weighted by atomic mass is 16.5. The Kier molecular flexibility index (Phi) is 7.60. The van der Waals surface area contributed by atoms with Crippen LogP contribution in [0, 0.1) is 5.92 Å². The molecule has 0 saturated carbocycles. The minimum absolute atomic E-state index is 0.653. The third kappa shape index (κ3) is 5.60. The highest BCUT2D eigenvalue weighted by molar-refractivity contribution is 4.87. The van der Waals surface area contributed by atoms with E-state index in [4.69, 9.17) is 15.0 Å². The van der Waals surface area contributed by atoms with E-state index in [0.717, 1.165) is 57.0 Å². The third-order valence-electron chi connectivity index (χ3n) is 3.10. The molecule has 104 valence electrons. The van der Waals surface area contributed by atoms with E-state index in [1.54, 1.807) is 0 Å². The number of nitrogens with zero attached hydrogens (tertiary/aromatic N) is 2.